The molecule has 0 aliphatic carbocycles. The summed E-state index contributed by atoms with van der Waals surface area (Å²) in [6, 6.07) is 19.9. The first kappa shape index (κ1) is 21.8. The Morgan fingerprint density at radius 3 is 2.27 bits per heavy atom. The van der Waals surface area contributed by atoms with Crippen LogP contribution in [0.4, 0.5) is 4.79 Å². The number of nitrogens with one attached hydrogen (secondary N) is 2. The molecule has 1 saturated heterocycles. The maximum Gasteiger partial charge on any atom is 0.314 e. The van der Waals surface area contributed by atoms with Gasteiger partial charge in [-0.1, -0.05) is 60.7 Å². The SMILES string of the molecule is CN(Cc1ccccc1)C(=O)CCNC(=O)NCC1(c2ccccc2)CCOCC1. The number of hydrogen-bond acceptors (Lipinski definition) is 3. The molecule has 0 saturated carbocycles. The lowest BCUT2D eigenvalue weighted by Gasteiger charge is -2.38. The van der Waals surface area contributed by atoms with Gasteiger partial charge in [-0.2, -0.15) is 0 Å². The molecule has 1 heterocycles. The lowest BCUT2D eigenvalue weighted by atomic mass is 9.74. The smallest absolute Gasteiger partial charge is 0.314 e. The fraction of sp³-hybridized carbons (Fsp3) is 0.417. The average Bonchev–Trinajstić information content (AvgIpc) is 2.79. The maximum absolute atomic E-state index is 12.3. The Morgan fingerprint density at radius 2 is 1.60 bits per heavy atom. The molecule has 0 bridgehead atoms. The molecule has 6 heteroatoms. The zero-order valence-corrected chi connectivity index (χ0v) is 17.6. The molecule has 0 radical (unpaired) electrons. The topological polar surface area (TPSA) is 70.7 Å². The van der Waals surface area contributed by atoms with Gasteiger partial charge in [-0.15, -0.1) is 0 Å². The van der Waals surface area contributed by atoms with Crippen molar-refractivity contribution in [3.05, 3.63) is 71.8 Å². The van der Waals surface area contributed by atoms with Crippen LogP contribution in [0.25, 0.3) is 0 Å². The van der Waals surface area contributed by atoms with Gasteiger partial charge >= 0.3 is 6.03 Å². The second-order valence-electron chi connectivity index (χ2n) is 7.85. The highest BCUT2D eigenvalue weighted by Gasteiger charge is 2.34. The molecule has 0 aromatic heterocycles. The predicted molar refractivity (Wildman–Crippen MR) is 117 cm³/mol. The molecule has 160 valence electrons. The van der Waals surface area contributed by atoms with Gasteiger partial charge in [-0.3, -0.25) is 4.79 Å². The highest BCUT2D eigenvalue weighted by molar-refractivity contribution is 5.78. The van der Waals surface area contributed by atoms with Crippen LogP contribution >= 0.6 is 0 Å². The van der Waals surface area contributed by atoms with Crippen molar-refractivity contribution in [2.45, 2.75) is 31.2 Å². The summed E-state index contributed by atoms with van der Waals surface area (Å²) in [7, 11) is 1.78. The lowest BCUT2D eigenvalue weighted by Crippen LogP contribution is -2.47. The normalized spacial score (nSPS) is 15.2. The molecule has 2 N–H and O–H groups in total. The number of ether oxygens (including phenoxy) is 1. The van der Waals surface area contributed by atoms with Crippen LogP contribution in [0, 0.1) is 0 Å². The molecule has 1 aliphatic heterocycles. The number of nitrogens with zero attached hydrogens (tertiary/aromatic N) is 1. The van der Waals surface area contributed by atoms with Gasteiger partial charge in [0, 0.05) is 51.7 Å². The minimum atomic E-state index is -0.240. The average molecular weight is 410 g/mol. The van der Waals surface area contributed by atoms with E-state index in [2.05, 4.69) is 22.8 Å². The molecule has 30 heavy (non-hydrogen) atoms. The Labute approximate surface area is 178 Å². The van der Waals surface area contributed by atoms with Gasteiger partial charge in [0.05, 0.1) is 0 Å². The number of benzene rings is 2. The summed E-state index contributed by atoms with van der Waals surface area (Å²) in [5, 5.41) is 5.82. The molecule has 0 spiro atoms. The largest absolute Gasteiger partial charge is 0.381 e. The second kappa shape index (κ2) is 10.8. The first-order valence-electron chi connectivity index (χ1n) is 10.5. The van der Waals surface area contributed by atoms with Crippen molar-refractivity contribution >= 4 is 11.9 Å². The number of carbonyl (C=O) groups excluding carboxylic acids is 2. The lowest BCUT2D eigenvalue weighted by molar-refractivity contribution is -0.130. The van der Waals surface area contributed by atoms with Gasteiger partial charge in [0.1, 0.15) is 0 Å². The Kier molecular flexibility index (Phi) is 7.85. The second-order valence-corrected chi connectivity index (χ2v) is 7.85. The van der Waals surface area contributed by atoms with Crippen molar-refractivity contribution in [1.29, 1.82) is 0 Å². The van der Waals surface area contributed by atoms with Crippen LogP contribution < -0.4 is 10.6 Å². The molecular weight excluding hydrogens is 378 g/mol. The number of hydrogen-bond donors (Lipinski definition) is 2. The van der Waals surface area contributed by atoms with Crippen molar-refractivity contribution in [3.63, 3.8) is 0 Å². The predicted octanol–water partition coefficient (Wildman–Crippen LogP) is 3.08. The molecule has 6 nitrogen and oxygen atoms in total. The van der Waals surface area contributed by atoms with E-state index in [1.165, 1.54) is 5.56 Å². The van der Waals surface area contributed by atoms with E-state index in [1.807, 2.05) is 48.5 Å². The maximum atomic E-state index is 12.3. The Hall–Kier alpha value is -2.86. The van der Waals surface area contributed by atoms with E-state index >= 15 is 0 Å². The van der Waals surface area contributed by atoms with E-state index < -0.39 is 0 Å². The van der Waals surface area contributed by atoms with Crippen molar-refractivity contribution < 1.29 is 14.3 Å². The fourth-order valence-electron chi connectivity index (χ4n) is 3.85. The molecule has 3 rings (SSSR count). The van der Waals surface area contributed by atoms with Crippen LogP contribution in [-0.4, -0.2) is 50.2 Å². The van der Waals surface area contributed by atoms with Gasteiger partial charge in [-0.05, 0) is 24.0 Å². The van der Waals surface area contributed by atoms with E-state index in [-0.39, 0.29) is 23.8 Å². The summed E-state index contributed by atoms with van der Waals surface area (Å²) < 4.78 is 5.54. The summed E-state index contributed by atoms with van der Waals surface area (Å²) in [6.45, 7) is 2.81. The molecule has 1 fully saturated rings. The van der Waals surface area contributed by atoms with Crippen LogP contribution in [0.3, 0.4) is 0 Å². The number of amides is 3. The van der Waals surface area contributed by atoms with Crippen LogP contribution in [0.1, 0.15) is 30.4 Å². The van der Waals surface area contributed by atoms with Crippen LogP contribution in [0.15, 0.2) is 60.7 Å². The van der Waals surface area contributed by atoms with Gasteiger partial charge < -0.3 is 20.3 Å². The highest BCUT2D eigenvalue weighted by Crippen LogP contribution is 2.34. The number of urea groups is 1. The van der Waals surface area contributed by atoms with E-state index in [0.29, 0.717) is 32.8 Å². The fourth-order valence-corrected chi connectivity index (χ4v) is 3.85. The monoisotopic (exact) mass is 409 g/mol. The van der Waals surface area contributed by atoms with Crippen molar-refractivity contribution in [2.24, 2.45) is 0 Å². The van der Waals surface area contributed by atoms with E-state index in [4.69, 9.17) is 4.74 Å². The number of carbonyl (C=O) groups is 2. The third-order valence-corrected chi connectivity index (χ3v) is 5.74. The quantitative estimate of drug-likeness (QED) is 0.704. The highest BCUT2D eigenvalue weighted by atomic mass is 16.5. The molecule has 0 atom stereocenters. The van der Waals surface area contributed by atoms with Crippen molar-refractivity contribution in [3.8, 4) is 0 Å². The Morgan fingerprint density at radius 1 is 0.967 bits per heavy atom. The first-order chi connectivity index (χ1) is 14.6. The van der Waals surface area contributed by atoms with E-state index in [9.17, 15) is 9.59 Å². The van der Waals surface area contributed by atoms with Crippen LogP contribution in [0.5, 0.6) is 0 Å². The summed E-state index contributed by atoms with van der Waals surface area (Å²) in [4.78, 5) is 26.3. The Balaban J connectivity index is 1.43. The first-order valence-corrected chi connectivity index (χ1v) is 10.5. The summed E-state index contributed by atoms with van der Waals surface area (Å²) in [5.74, 6) is 0.00402. The number of rotatable bonds is 8. The van der Waals surface area contributed by atoms with Gasteiger partial charge in [0.25, 0.3) is 0 Å². The van der Waals surface area contributed by atoms with Crippen LogP contribution in [0.2, 0.25) is 0 Å². The van der Waals surface area contributed by atoms with Gasteiger partial charge in [-0.25, -0.2) is 4.79 Å². The standard InChI is InChI=1S/C24H31N3O3/c1-27(18-20-8-4-2-5-9-20)22(28)12-15-25-23(29)26-19-24(13-16-30-17-14-24)21-10-6-3-7-11-21/h2-11H,12-19H2,1H3,(H2,25,26,29). The summed E-state index contributed by atoms with van der Waals surface area (Å²) in [6.07, 6.45) is 2.02. The zero-order chi connectivity index (χ0) is 21.2. The molecular formula is C24H31N3O3. The summed E-state index contributed by atoms with van der Waals surface area (Å²) in [5.41, 5.74) is 2.20. The van der Waals surface area contributed by atoms with Crippen molar-refractivity contribution in [2.75, 3.05) is 33.4 Å². The minimum Gasteiger partial charge on any atom is -0.381 e. The minimum absolute atomic E-state index is 0.00402. The molecule has 2 aromatic rings. The van der Waals surface area contributed by atoms with Gasteiger partial charge in [0.15, 0.2) is 0 Å². The third-order valence-electron chi connectivity index (χ3n) is 5.74. The molecule has 1 aliphatic rings. The molecule has 3 amide bonds. The third kappa shape index (κ3) is 6.07. The Bertz CT molecular complexity index is 805. The molecule has 2 aromatic carbocycles. The zero-order valence-electron chi connectivity index (χ0n) is 17.6. The molecule has 0 unspecified atom stereocenters. The van der Waals surface area contributed by atoms with Crippen molar-refractivity contribution in [1.82, 2.24) is 15.5 Å². The van der Waals surface area contributed by atoms with E-state index in [0.717, 1.165) is 18.4 Å². The van der Waals surface area contributed by atoms with Gasteiger partial charge in [0.2, 0.25) is 5.91 Å². The van der Waals surface area contributed by atoms with Crippen LogP contribution in [-0.2, 0) is 21.5 Å². The summed E-state index contributed by atoms with van der Waals surface area (Å²) >= 11 is 0. The van der Waals surface area contributed by atoms with E-state index in [1.54, 1.807) is 11.9 Å².